The first-order chi connectivity index (χ1) is 11.7. The molecule has 1 fully saturated rings. The summed E-state index contributed by atoms with van der Waals surface area (Å²) < 4.78 is 5.36. The number of hydrogen-bond acceptors (Lipinski definition) is 3. The maximum atomic E-state index is 12.5. The highest BCUT2D eigenvalue weighted by molar-refractivity contribution is 5.95. The molecule has 0 aromatic heterocycles. The summed E-state index contributed by atoms with van der Waals surface area (Å²) in [5.41, 5.74) is 2.48. The highest BCUT2D eigenvalue weighted by Crippen LogP contribution is 2.29. The van der Waals surface area contributed by atoms with Gasteiger partial charge in [0.05, 0.1) is 6.61 Å². The van der Waals surface area contributed by atoms with E-state index in [1.54, 1.807) is 0 Å². The molecule has 0 atom stereocenters. The minimum atomic E-state index is -0.259. The summed E-state index contributed by atoms with van der Waals surface area (Å²) in [5, 5.41) is 12.7. The molecule has 2 N–H and O–H groups in total. The number of aliphatic hydroxyl groups is 1. The number of hydrogen-bond donors (Lipinski definition) is 2. The van der Waals surface area contributed by atoms with Crippen molar-refractivity contribution < 1.29 is 14.6 Å². The van der Waals surface area contributed by atoms with Crippen molar-refractivity contribution in [3.05, 3.63) is 60.2 Å². The molecule has 0 saturated carbocycles. The van der Waals surface area contributed by atoms with Crippen LogP contribution in [0.25, 0.3) is 11.1 Å². The zero-order valence-corrected chi connectivity index (χ0v) is 13.7. The van der Waals surface area contributed by atoms with Crippen molar-refractivity contribution in [2.24, 2.45) is 5.41 Å². The van der Waals surface area contributed by atoms with Crippen LogP contribution in [0.2, 0.25) is 0 Å². The van der Waals surface area contributed by atoms with Gasteiger partial charge in [-0.1, -0.05) is 42.5 Å². The van der Waals surface area contributed by atoms with Crippen molar-refractivity contribution in [2.45, 2.75) is 12.8 Å². The van der Waals surface area contributed by atoms with Crippen molar-refractivity contribution in [3.63, 3.8) is 0 Å². The van der Waals surface area contributed by atoms with Gasteiger partial charge in [-0.15, -0.1) is 0 Å². The molecule has 0 radical (unpaired) electrons. The monoisotopic (exact) mass is 325 g/mol. The van der Waals surface area contributed by atoms with Crippen molar-refractivity contribution >= 4 is 5.91 Å². The maximum absolute atomic E-state index is 12.5. The Hall–Kier alpha value is -2.17. The van der Waals surface area contributed by atoms with E-state index in [9.17, 15) is 9.90 Å². The van der Waals surface area contributed by atoms with Gasteiger partial charge in [0.1, 0.15) is 0 Å². The fourth-order valence-corrected chi connectivity index (χ4v) is 3.04. The first-order valence-corrected chi connectivity index (χ1v) is 8.35. The summed E-state index contributed by atoms with van der Waals surface area (Å²) in [6, 6.07) is 17.6. The smallest absolute Gasteiger partial charge is 0.251 e. The lowest BCUT2D eigenvalue weighted by Crippen LogP contribution is -2.43. The highest BCUT2D eigenvalue weighted by atomic mass is 16.5. The average molecular weight is 325 g/mol. The molecule has 4 nitrogen and oxygen atoms in total. The number of carbonyl (C=O) groups excluding carboxylic acids is 1. The number of benzene rings is 2. The molecule has 0 unspecified atom stereocenters. The summed E-state index contributed by atoms with van der Waals surface area (Å²) in [7, 11) is 0. The number of amides is 1. The molecule has 0 spiro atoms. The number of rotatable bonds is 5. The van der Waals surface area contributed by atoms with Crippen molar-refractivity contribution in [1.82, 2.24) is 5.32 Å². The van der Waals surface area contributed by atoms with Crippen LogP contribution in [0.15, 0.2) is 54.6 Å². The van der Waals surface area contributed by atoms with Crippen LogP contribution < -0.4 is 5.32 Å². The normalized spacial score (nSPS) is 16.5. The molecule has 1 aliphatic rings. The highest BCUT2D eigenvalue weighted by Gasteiger charge is 2.32. The van der Waals surface area contributed by atoms with Gasteiger partial charge in [0.25, 0.3) is 5.91 Å². The molecule has 1 amide bonds. The lowest BCUT2D eigenvalue weighted by atomic mass is 9.81. The second kappa shape index (κ2) is 7.60. The molecule has 0 aliphatic carbocycles. The molecule has 126 valence electrons. The molecule has 4 heteroatoms. The van der Waals surface area contributed by atoms with Gasteiger partial charge in [-0.25, -0.2) is 0 Å². The lowest BCUT2D eigenvalue weighted by Gasteiger charge is -2.35. The Morgan fingerprint density at radius 3 is 2.46 bits per heavy atom. The summed E-state index contributed by atoms with van der Waals surface area (Å²) in [6.45, 7) is 1.82. The fourth-order valence-electron chi connectivity index (χ4n) is 3.04. The van der Waals surface area contributed by atoms with E-state index in [0.29, 0.717) is 25.3 Å². The number of carbonyl (C=O) groups is 1. The molecule has 24 heavy (non-hydrogen) atoms. The molecule has 1 saturated heterocycles. The van der Waals surface area contributed by atoms with Gasteiger partial charge in [-0.2, -0.15) is 0 Å². The summed E-state index contributed by atoms with van der Waals surface area (Å²) in [4.78, 5) is 12.5. The molecular weight excluding hydrogens is 302 g/mol. The largest absolute Gasteiger partial charge is 0.396 e. The van der Waals surface area contributed by atoms with E-state index in [4.69, 9.17) is 4.74 Å². The summed E-state index contributed by atoms with van der Waals surface area (Å²) in [6.07, 6.45) is 1.54. The second-order valence-electron chi connectivity index (χ2n) is 6.40. The van der Waals surface area contributed by atoms with Gasteiger partial charge < -0.3 is 15.2 Å². The third-order valence-corrected chi connectivity index (χ3v) is 4.74. The Labute approximate surface area is 142 Å². The Balaban J connectivity index is 1.69. The van der Waals surface area contributed by atoms with Gasteiger partial charge in [0, 0.05) is 30.7 Å². The first-order valence-electron chi connectivity index (χ1n) is 8.35. The zero-order valence-electron chi connectivity index (χ0n) is 13.7. The van der Waals surface area contributed by atoms with Crippen LogP contribution in [-0.4, -0.2) is 37.4 Å². The Morgan fingerprint density at radius 1 is 1.04 bits per heavy atom. The van der Waals surface area contributed by atoms with Crippen molar-refractivity contribution in [1.29, 1.82) is 0 Å². The van der Waals surface area contributed by atoms with E-state index < -0.39 is 0 Å². The van der Waals surface area contributed by atoms with Crippen LogP contribution >= 0.6 is 0 Å². The fraction of sp³-hybridized carbons (Fsp3) is 0.350. The molecule has 2 aromatic carbocycles. The van der Waals surface area contributed by atoms with Crippen LogP contribution in [-0.2, 0) is 4.74 Å². The predicted molar refractivity (Wildman–Crippen MR) is 93.8 cm³/mol. The summed E-state index contributed by atoms with van der Waals surface area (Å²) >= 11 is 0. The van der Waals surface area contributed by atoms with Gasteiger partial charge in [-0.05, 0) is 36.1 Å². The van der Waals surface area contributed by atoms with E-state index in [0.717, 1.165) is 24.0 Å². The van der Waals surface area contributed by atoms with E-state index in [1.807, 2.05) is 54.6 Å². The topological polar surface area (TPSA) is 58.6 Å². The first kappa shape index (κ1) is 16.7. The van der Waals surface area contributed by atoms with Gasteiger partial charge in [-0.3, -0.25) is 4.79 Å². The Morgan fingerprint density at radius 2 is 1.75 bits per heavy atom. The van der Waals surface area contributed by atoms with E-state index in [2.05, 4.69) is 5.32 Å². The number of ether oxygens (including phenoxy) is 1. The average Bonchev–Trinajstić information content (AvgIpc) is 2.67. The minimum Gasteiger partial charge on any atom is -0.396 e. The third kappa shape index (κ3) is 3.83. The zero-order chi connectivity index (χ0) is 16.8. The van der Waals surface area contributed by atoms with Crippen LogP contribution in [0, 0.1) is 5.41 Å². The molecular formula is C20H23NO3. The van der Waals surface area contributed by atoms with Crippen molar-refractivity contribution in [3.8, 4) is 11.1 Å². The molecule has 1 aliphatic heterocycles. The molecule has 1 heterocycles. The third-order valence-electron chi connectivity index (χ3n) is 4.74. The lowest BCUT2D eigenvalue weighted by molar-refractivity contribution is -0.0146. The van der Waals surface area contributed by atoms with Crippen LogP contribution in [0.5, 0.6) is 0 Å². The van der Waals surface area contributed by atoms with E-state index in [1.165, 1.54) is 0 Å². The van der Waals surface area contributed by atoms with Crippen LogP contribution in [0.1, 0.15) is 23.2 Å². The number of aliphatic hydroxyl groups excluding tert-OH is 1. The van der Waals surface area contributed by atoms with Gasteiger partial charge >= 0.3 is 0 Å². The molecule has 3 rings (SSSR count). The Bertz CT molecular complexity index is 678. The van der Waals surface area contributed by atoms with Crippen molar-refractivity contribution in [2.75, 3.05) is 26.4 Å². The van der Waals surface area contributed by atoms with E-state index >= 15 is 0 Å². The number of nitrogens with one attached hydrogen (secondary N) is 1. The van der Waals surface area contributed by atoms with Gasteiger partial charge in [0.15, 0.2) is 0 Å². The molecule has 0 bridgehead atoms. The van der Waals surface area contributed by atoms with Crippen LogP contribution in [0.4, 0.5) is 0 Å². The predicted octanol–water partition coefficient (Wildman–Crippen LogP) is 2.87. The maximum Gasteiger partial charge on any atom is 0.251 e. The minimum absolute atomic E-state index is 0.0701. The SMILES string of the molecule is O=C(NCC1(CO)CCOCC1)c1cccc(-c2ccccc2)c1. The standard InChI is InChI=1S/C20H23NO3/c22-15-20(9-11-24-12-10-20)14-21-19(23)18-8-4-7-17(13-18)16-5-2-1-3-6-16/h1-8,13,22H,9-12,14-15H2,(H,21,23). The Kier molecular flexibility index (Phi) is 5.28. The summed E-state index contributed by atoms with van der Waals surface area (Å²) in [5.74, 6) is -0.105. The van der Waals surface area contributed by atoms with Crippen LogP contribution in [0.3, 0.4) is 0 Å². The molecule has 2 aromatic rings. The quantitative estimate of drug-likeness (QED) is 0.889. The second-order valence-corrected chi connectivity index (χ2v) is 6.40. The van der Waals surface area contributed by atoms with Gasteiger partial charge in [0.2, 0.25) is 0 Å². The van der Waals surface area contributed by atoms with E-state index in [-0.39, 0.29) is 17.9 Å².